The van der Waals surface area contributed by atoms with Crippen molar-refractivity contribution in [1.29, 1.82) is 0 Å². The molecule has 0 aliphatic heterocycles. The number of carbonyl (C=O) groups is 1. The quantitative estimate of drug-likeness (QED) is 0.838. The van der Waals surface area contributed by atoms with E-state index in [2.05, 4.69) is 12.2 Å². The number of anilines is 1. The van der Waals surface area contributed by atoms with Gasteiger partial charge in [0.1, 0.15) is 0 Å². The molecule has 0 radical (unpaired) electrons. The van der Waals surface area contributed by atoms with Gasteiger partial charge in [0, 0.05) is 11.7 Å². The fraction of sp³-hybridized carbons (Fsp3) is 0.562. The van der Waals surface area contributed by atoms with Crippen molar-refractivity contribution in [3.05, 3.63) is 29.3 Å². The Morgan fingerprint density at radius 2 is 2.21 bits per heavy atom. The zero-order valence-corrected chi connectivity index (χ0v) is 12.0. The van der Waals surface area contributed by atoms with Gasteiger partial charge < -0.3 is 10.1 Å². The second-order valence-corrected chi connectivity index (χ2v) is 5.47. The topological polar surface area (TPSA) is 38.3 Å². The van der Waals surface area contributed by atoms with E-state index in [1.807, 2.05) is 25.1 Å². The van der Waals surface area contributed by atoms with Gasteiger partial charge in [-0.2, -0.15) is 0 Å². The Balaban J connectivity index is 2.14. The molecule has 2 atom stereocenters. The van der Waals surface area contributed by atoms with Crippen molar-refractivity contribution in [1.82, 2.24) is 0 Å². The predicted octanol–water partition coefficient (Wildman–Crippen LogP) is 3.77. The van der Waals surface area contributed by atoms with E-state index in [0.717, 1.165) is 17.2 Å². The van der Waals surface area contributed by atoms with Crippen LogP contribution in [0.4, 0.5) is 5.69 Å². The van der Waals surface area contributed by atoms with Crippen LogP contribution in [0.3, 0.4) is 0 Å². The van der Waals surface area contributed by atoms with E-state index in [0.29, 0.717) is 11.6 Å². The van der Waals surface area contributed by atoms with Crippen LogP contribution in [0.5, 0.6) is 0 Å². The Morgan fingerprint density at radius 1 is 1.42 bits per heavy atom. The lowest BCUT2D eigenvalue weighted by molar-refractivity contribution is 0.0601. The number of rotatable bonds is 4. The van der Waals surface area contributed by atoms with E-state index < -0.39 is 0 Å². The molecule has 1 aliphatic carbocycles. The highest BCUT2D eigenvalue weighted by atomic mass is 16.5. The molecule has 19 heavy (non-hydrogen) atoms. The first-order valence-electron chi connectivity index (χ1n) is 7.09. The second kappa shape index (κ2) is 6.09. The van der Waals surface area contributed by atoms with E-state index >= 15 is 0 Å². The van der Waals surface area contributed by atoms with E-state index in [9.17, 15) is 4.79 Å². The molecule has 0 amide bonds. The second-order valence-electron chi connectivity index (χ2n) is 5.47. The summed E-state index contributed by atoms with van der Waals surface area (Å²) in [5, 5.41) is 3.52. The molecule has 3 nitrogen and oxygen atoms in total. The van der Waals surface area contributed by atoms with Gasteiger partial charge in [0.2, 0.25) is 0 Å². The van der Waals surface area contributed by atoms with Crippen LogP contribution < -0.4 is 5.32 Å². The summed E-state index contributed by atoms with van der Waals surface area (Å²) in [5.74, 6) is 0.556. The largest absolute Gasteiger partial charge is 0.465 e. The molecule has 1 aromatic carbocycles. The maximum atomic E-state index is 11.8. The molecule has 0 saturated heterocycles. The Morgan fingerprint density at radius 3 is 2.84 bits per heavy atom. The molecule has 1 N–H and O–H groups in total. The van der Waals surface area contributed by atoms with Gasteiger partial charge in [-0.15, -0.1) is 0 Å². The van der Waals surface area contributed by atoms with Gasteiger partial charge in [0.05, 0.1) is 12.7 Å². The lowest BCUT2D eigenvalue weighted by Gasteiger charge is -2.17. The fourth-order valence-corrected chi connectivity index (χ4v) is 2.86. The number of benzene rings is 1. The molecule has 104 valence electrons. The predicted molar refractivity (Wildman–Crippen MR) is 77.6 cm³/mol. The summed E-state index contributed by atoms with van der Waals surface area (Å²) in [6.07, 6.45) is 4.92. The van der Waals surface area contributed by atoms with Crippen LogP contribution in [0.15, 0.2) is 18.2 Å². The monoisotopic (exact) mass is 261 g/mol. The summed E-state index contributed by atoms with van der Waals surface area (Å²) >= 11 is 0. The zero-order chi connectivity index (χ0) is 13.8. The fourth-order valence-electron chi connectivity index (χ4n) is 2.86. The first-order valence-corrected chi connectivity index (χ1v) is 7.09. The van der Waals surface area contributed by atoms with E-state index in [4.69, 9.17) is 4.74 Å². The van der Waals surface area contributed by atoms with Crippen LogP contribution in [-0.2, 0) is 4.74 Å². The summed E-state index contributed by atoms with van der Waals surface area (Å²) < 4.78 is 4.86. The highest BCUT2D eigenvalue weighted by molar-refractivity contribution is 5.95. The summed E-state index contributed by atoms with van der Waals surface area (Å²) in [4.78, 5) is 11.8. The molecule has 0 spiro atoms. The lowest BCUT2D eigenvalue weighted by atomic mass is 10.0. The third-order valence-corrected chi connectivity index (χ3v) is 4.06. The van der Waals surface area contributed by atoms with Crippen LogP contribution >= 0.6 is 0 Å². The van der Waals surface area contributed by atoms with E-state index in [1.54, 1.807) is 0 Å². The van der Waals surface area contributed by atoms with Gasteiger partial charge in [-0.3, -0.25) is 0 Å². The molecule has 1 aliphatic rings. The summed E-state index contributed by atoms with van der Waals surface area (Å²) in [5.41, 5.74) is 2.62. The third kappa shape index (κ3) is 3.28. The van der Waals surface area contributed by atoms with Crippen LogP contribution in [0.25, 0.3) is 0 Å². The Labute approximate surface area is 115 Å². The minimum Gasteiger partial charge on any atom is -0.465 e. The number of methoxy groups -OCH3 is 1. The van der Waals surface area contributed by atoms with E-state index in [1.165, 1.54) is 32.8 Å². The van der Waals surface area contributed by atoms with Crippen molar-refractivity contribution < 1.29 is 9.53 Å². The van der Waals surface area contributed by atoms with E-state index in [-0.39, 0.29) is 5.97 Å². The number of hydrogen-bond donors (Lipinski definition) is 1. The van der Waals surface area contributed by atoms with Gasteiger partial charge in [-0.05, 0) is 44.2 Å². The van der Waals surface area contributed by atoms with Crippen molar-refractivity contribution >= 4 is 11.7 Å². The van der Waals surface area contributed by atoms with Gasteiger partial charge >= 0.3 is 5.97 Å². The summed E-state index contributed by atoms with van der Waals surface area (Å²) in [7, 11) is 1.43. The molecule has 0 heterocycles. The maximum absolute atomic E-state index is 11.8. The standard InChI is InChI=1S/C16H23NO2/c1-4-12-6-7-13(10-12)17-15-8-5-11(2)9-14(15)16(18)19-3/h5,8-9,12-13,17H,4,6-7,10H2,1-3H3. The van der Waals surface area contributed by atoms with Crippen molar-refractivity contribution in [3.63, 3.8) is 0 Å². The first-order chi connectivity index (χ1) is 9.13. The number of nitrogens with one attached hydrogen (secondary N) is 1. The molecule has 1 saturated carbocycles. The maximum Gasteiger partial charge on any atom is 0.339 e. The molecule has 2 rings (SSSR count). The normalized spacial score (nSPS) is 22.3. The summed E-state index contributed by atoms with van der Waals surface area (Å²) in [6.45, 7) is 4.23. The third-order valence-electron chi connectivity index (χ3n) is 4.06. The number of ether oxygens (including phenoxy) is 1. The lowest BCUT2D eigenvalue weighted by Crippen LogP contribution is -2.18. The van der Waals surface area contributed by atoms with Crippen LogP contribution in [0.2, 0.25) is 0 Å². The Hall–Kier alpha value is -1.51. The van der Waals surface area contributed by atoms with Crippen LogP contribution in [-0.4, -0.2) is 19.1 Å². The van der Waals surface area contributed by atoms with Gasteiger partial charge in [-0.25, -0.2) is 4.79 Å². The van der Waals surface area contributed by atoms with Crippen LogP contribution in [0.1, 0.15) is 48.5 Å². The number of hydrogen-bond acceptors (Lipinski definition) is 3. The van der Waals surface area contributed by atoms with Gasteiger partial charge in [0.25, 0.3) is 0 Å². The zero-order valence-electron chi connectivity index (χ0n) is 12.0. The Kier molecular flexibility index (Phi) is 4.46. The molecule has 3 heteroatoms. The minimum atomic E-state index is -0.267. The molecule has 1 fully saturated rings. The van der Waals surface area contributed by atoms with Crippen molar-refractivity contribution in [2.75, 3.05) is 12.4 Å². The summed E-state index contributed by atoms with van der Waals surface area (Å²) in [6, 6.07) is 6.39. The number of esters is 1. The Bertz CT molecular complexity index is 456. The van der Waals surface area contributed by atoms with Gasteiger partial charge in [0.15, 0.2) is 0 Å². The smallest absolute Gasteiger partial charge is 0.339 e. The molecule has 0 bridgehead atoms. The molecule has 1 aromatic rings. The number of carbonyl (C=O) groups excluding carboxylic acids is 1. The highest BCUT2D eigenvalue weighted by Gasteiger charge is 2.24. The molecular formula is C16H23NO2. The molecule has 2 unspecified atom stereocenters. The SMILES string of the molecule is CCC1CCC(Nc2ccc(C)cc2C(=O)OC)C1. The molecular weight excluding hydrogens is 238 g/mol. The van der Waals surface area contributed by atoms with Gasteiger partial charge in [-0.1, -0.05) is 25.0 Å². The highest BCUT2D eigenvalue weighted by Crippen LogP contribution is 2.31. The van der Waals surface area contributed by atoms with Crippen molar-refractivity contribution in [2.45, 2.75) is 45.6 Å². The number of aryl methyl sites for hydroxylation is 1. The first kappa shape index (κ1) is 13.9. The van der Waals surface area contributed by atoms with Crippen molar-refractivity contribution in [2.24, 2.45) is 5.92 Å². The van der Waals surface area contributed by atoms with Crippen molar-refractivity contribution in [3.8, 4) is 0 Å². The van der Waals surface area contributed by atoms with Crippen LogP contribution in [0, 0.1) is 12.8 Å². The minimum absolute atomic E-state index is 0.267. The molecule has 0 aromatic heterocycles. The average Bonchev–Trinajstić information content (AvgIpc) is 2.87. The average molecular weight is 261 g/mol.